The molecule has 6 aromatic rings. The van der Waals surface area contributed by atoms with Gasteiger partial charge in [-0.15, -0.1) is 0 Å². The Kier molecular flexibility index (Phi) is 4.48. The number of para-hydroxylation sites is 1. The van der Waals surface area contributed by atoms with E-state index in [1.54, 1.807) is 0 Å². The van der Waals surface area contributed by atoms with Gasteiger partial charge in [0.05, 0.1) is 28.4 Å². The van der Waals surface area contributed by atoms with Gasteiger partial charge in [0.15, 0.2) is 0 Å². The average molecular weight is 430 g/mol. The summed E-state index contributed by atoms with van der Waals surface area (Å²) < 4.78 is 2.34. The van der Waals surface area contributed by atoms with Crippen molar-refractivity contribution in [1.29, 1.82) is 0 Å². The molecule has 3 nitrogen and oxygen atoms in total. The summed E-state index contributed by atoms with van der Waals surface area (Å²) in [6.07, 6.45) is 2.06. The lowest BCUT2D eigenvalue weighted by Gasteiger charge is -2.20. The van der Waals surface area contributed by atoms with Crippen LogP contribution in [0.3, 0.4) is 0 Å². The van der Waals surface area contributed by atoms with Crippen LogP contribution in [0.1, 0.15) is 50.7 Å². The summed E-state index contributed by atoms with van der Waals surface area (Å²) in [5.74, 6) is 0.824. The zero-order valence-electron chi connectivity index (χ0n) is 19.5. The van der Waals surface area contributed by atoms with Gasteiger partial charge in [-0.3, -0.25) is 4.40 Å². The fourth-order valence-electron chi connectivity index (χ4n) is 5.17. The first-order valence-corrected chi connectivity index (χ1v) is 11.8. The van der Waals surface area contributed by atoms with Crippen LogP contribution in [-0.4, -0.2) is 14.4 Å². The molecule has 0 amide bonds. The van der Waals surface area contributed by atoms with Gasteiger partial charge >= 0.3 is 0 Å². The second-order valence-corrected chi connectivity index (χ2v) is 9.52. The molecule has 0 aliphatic rings. The van der Waals surface area contributed by atoms with Crippen molar-refractivity contribution in [3.63, 3.8) is 0 Å². The number of imidazole rings is 1. The Bertz CT molecular complexity index is 1650. The van der Waals surface area contributed by atoms with E-state index in [0.717, 1.165) is 44.0 Å². The Morgan fingerprint density at radius 3 is 2.12 bits per heavy atom. The molecule has 0 saturated heterocycles. The summed E-state index contributed by atoms with van der Waals surface area (Å²) in [6.45, 7) is 9.09. The Morgan fingerprint density at radius 1 is 0.727 bits per heavy atom. The summed E-state index contributed by atoms with van der Waals surface area (Å²) in [6, 6.07) is 25.9. The molecule has 162 valence electrons. The number of pyridine rings is 2. The van der Waals surface area contributed by atoms with Crippen LogP contribution in [0, 0.1) is 0 Å². The highest BCUT2D eigenvalue weighted by Gasteiger charge is 2.21. The second-order valence-electron chi connectivity index (χ2n) is 9.52. The fraction of sp³-hybridized carbons (Fsp3) is 0.200. The van der Waals surface area contributed by atoms with Crippen LogP contribution >= 0.6 is 0 Å². The van der Waals surface area contributed by atoms with Gasteiger partial charge in [-0.1, -0.05) is 88.4 Å². The van der Waals surface area contributed by atoms with Crippen molar-refractivity contribution < 1.29 is 0 Å². The highest BCUT2D eigenvalue weighted by atomic mass is 15.0. The van der Waals surface area contributed by atoms with Crippen molar-refractivity contribution >= 4 is 38.4 Å². The predicted octanol–water partition coefficient (Wildman–Crippen LogP) is 8.10. The van der Waals surface area contributed by atoms with Gasteiger partial charge in [0, 0.05) is 21.7 Å². The fourth-order valence-corrected chi connectivity index (χ4v) is 5.17. The van der Waals surface area contributed by atoms with E-state index in [-0.39, 0.29) is 0 Å². The molecule has 0 aliphatic carbocycles. The molecular weight excluding hydrogens is 402 g/mol. The summed E-state index contributed by atoms with van der Waals surface area (Å²) in [5.41, 5.74) is 9.29. The quantitative estimate of drug-likeness (QED) is 0.210. The number of hydrogen-bond donors (Lipinski definition) is 0. The third-order valence-electron chi connectivity index (χ3n) is 6.76. The molecule has 0 fully saturated rings. The van der Waals surface area contributed by atoms with Crippen LogP contribution in [0.25, 0.3) is 49.6 Å². The van der Waals surface area contributed by atoms with E-state index in [1.807, 2.05) is 0 Å². The Labute approximate surface area is 193 Å². The minimum Gasteiger partial charge on any atom is -0.290 e. The highest BCUT2D eigenvalue weighted by Crippen LogP contribution is 2.39. The summed E-state index contributed by atoms with van der Waals surface area (Å²) in [7, 11) is 0. The van der Waals surface area contributed by atoms with Gasteiger partial charge in [-0.05, 0) is 35.1 Å². The molecule has 0 unspecified atom stereocenters. The first-order chi connectivity index (χ1) is 16.0. The van der Waals surface area contributed by atoms with Crippen LogP contribution < -0.4 is 0 Å². The molecule has 0 spiro atoms. The Morgan fingerprint density at radius 2 is 1.39 bits per heavy atom. The van der Waals surface area contributed by atoms with E-state index in [2.05, 4.69) is 111 Å². The van der Waals surface area contributed by atoms with E-state index in [4.69, 9.17) is 9.97 Å². The smallest absolute Gasteiger partial charge is 0.145 e. The maximum absolute atomic E-state index is 5.14. The Hall–Kier alpha value is -3.72. The molecule has 6 rings (SSSR count). The first-order valence-electron chi connectivity index (χ1n) is 11.8. The predicted molar refractivity (Wildman–Crippen MR) is 139 cm³/mol. The number of benzene rings is 3. The lowest BCUT2D eigenvalue weighted by atomic mass is 9.87. The second kappa shape index (κ2) is 7.41. The molecule has 0 aliphatic heterocycles. The summed E-state index contributed by atoms with van der Waals surface area (Å²) >= 11 is 0. The van der Waals surface area contributed by atoms with Crippen molar-refractivity contribution in [2.75, 3.05) is 0 Å². The van der Waals surface area contributed by atoms with Crippen molar-refractivity contribution in [3.8, 4) is 11.3 Å². The van der Waals surface area contributed by atoms with Crippen molar-refractivity contribution in [1.82, 2.24) is 14.4 Å². The molecule has 0 radical (unpaired) electrons. The minimum absolute atomic E-state index is 0.412. The van der Waals surface area contributed by atoms with Gasteiger partial charge in [0.25, 0.3) is 0 Å². The SMILES string of the molecule is CC(C)c1cccc(C(C)C)c1-c1cnc2c3ccccc3c3nc4ccccc4cc3n12. The summed E-state index contributed by atoms with van der Waals surface area (Å²) in [5, 5.41) is 3.42. The van der Waals surface area contributed by atoms with Gasteiger partial charge < -0.3 is 0 Å². The topological polar surface area (TPSA) is 30.2 Å². The molecule has 33 heavy (non-hydrogen) atoms. The van der Waals surface area contributed by atoms with Crippen LogP contribution in [-0.2, 0) is 0 Å². The molecule has 3 aromatic heterocycles. The zero-order chi connectivity index (χ0) is 22.7. The molecule has 0 atom stereocenters. The number of rotatable bonds is 3. The molecule has 3 heterocycles. The van der Waals surface area contributed by atoms with Crippen LogP contribution in [0.4, 0.5) is 0 Å². The first kappa shape index (κ1) is 19.9. The summed E-state index contributed by atoms with van der Waals surface area (Å²) in [4.78, 5) is 10.1. The standard InChI is InChI=1S/C30H27N3/c1-18(2)21-13-9-14-22(19(3)4)28(21)27-17-31-30-24-12-7-6-11-23(24)29-26(33(27)30)16-20-10-5-8-15-25(20)32-29/h5-19H,1-4H3. The van der Waals surface area contributed by atoms with Gasteiger partial charge in [0.1, 0.15) is 5.65 Å². The monoisotopic (exact) mass is 429 g/mol. The van der Waals surface area contributed by atoms with E-state index in [1.165, 1.54) is 16.7 Å². The third-order valence-corrected chi connectivity index (χ3v) is 6.76. The van der Waals surface area contributed by atoms with Crippen molar-refractivity contribution in [3.05, 3.63) is 90.1 Å². The molecule has 0 saturated carbocycles. The van der Waals surface area contributed by atoms with Gasteiger partial charge in [-0.25, -0.2) is 9.97 Å². The van der Waals surface area contributed by atoms with Crippen LogP contribution in [0.15, 0.2) is 79.0 Å². The lowest BCUT2D eigenvalue weighted by Crippen LogP contribution is -2.03. The Balaban J connectivity index is 1.86. The third kappa shape index (κ3) is 2.96. The minimum atomic E-state index is 0.412. The van der Waals surface area contributed by atoms with E-state index in [0.29, 0.717) is 11.8 Å². The maximum Gasteiger partial charge on any atom is 0.145 e. The maximum atomic E-state index is 5.14. The van der Waals surface area contributed by atoms with Gasteiger partial charge in [0.2, 0.25) is 0 Å². The highest BCUT2D eigenvalue weighted by molar-refractivity contribution is 6.12. The molecular formula is C30H27N3. The van der Waals surface area contributed by atoms with Crippen LogP contribution in [0.5, 0.6) is 0 Å². The number of hydrogen-bond acceptors (Lipinski definition) is 2. The molecule has 3 aromatic carbocycles. The van der Waals surface area contributed by atoms with E-state index < -0.39 is 0 Å². The van der Waals surface area contributed by atoms with Crippen molar-refractivity contribution in [2.24, 2.45) is 0 Å². The zero-order valence-corrected chi connectivity index (χ0v) is 19.5. The normalized spacial score (nSPS) is 12.2. The number of nitrogens with zero attached hydrogens (tertiary/aromatic N) is 3. The number of fused-ring (bicyclic) bond motifs is 7. The lowest BCUT2D eigenvalue weighted by molar-refractivity contribution is 0.836. The molecule has 3 heteroatoms. The molecule has 0 bridgehead atoms. The molecule has 0 N–H and O–H groups in total. The largest absolute Gasteiger partial charge is 0.290 e. The van der Waals surface area contributed by atoms with Crippen LogP contribution in [0.2, 0.25) is 0 Å². The average Bonchev–Trinajstić information content (AvgIpc) is 3.28. The number of aromatic nitrogens is 3. The van der Waals surface area contributed by atoms with E-state index >= 15 is 0 Å². The van der Waals surface area contributed by atoms with E-state index in [9.17, 15) is 0 Å². The van der Waals surface area contributed by atoms with Crippen molar-refractivity contribution in [2.45, 2.75) is 39.5 Å². The van der Waals surface area contributed by atoms with Gasteiger partial charge in [-0.2, -0.15) is 0 Å².